The minimum Gasteiger partial charge on any atom is -0.376 e. The van der Waals surface area contributed by atoms with Crippen LogP contribution in [0, 0.1) is 0 Å². The SMILES string of the molecule is CN(C(=O)c1ccc([C@](C)(O)C(F)(F)F)cc1)C1CCC(c2ccccn2)CC1. The Morgan fingerprint density at radius 3 is 2.21 bits per heavy atom. The van der Waals surface area contributed by atoms with Crippen molar-refractivity contribution in [2.24, 2.45) is 0 Å². The maximum atomic E-state index is 13.0. The number of hydrogen-bond acceptors (Lipinski definition) is 3. The number of alkyl halides is 3. The average molecular weight is 406 g/mol. The molecule has 1 saturated carbocycles. The molecule has 1 aliphatic carbocycles. The molecule has 1 aromatic carbocycles. The number of carbonyl (C=O) groups excluding carboxylic acids is 1. The second-order valence-corrected chi connectivity index (χ2v) is 7.82. The molecule has 0 spiro atoms. The van der Waals surface area contributed by atoms with Crippen LogP contribution in [0.1, 0.15) is 60.1 Å². The van der Waals surface area contributed by atoms with Crippen LogP contribution in [-0.4, -0.2) is 40.2 Å². The third kappa shape index (κ3) is 4.45. The van der Waals surface area contributed by atoms with Gasteiger partial charge in [-0.05, 0) is 62.4 Å². The Kier molecular flexibility index (Phi) is 5.98. The van der Waals surface area contributed by atoms with Gasteiger partial charge in [0.15, 0.2) is 5.60 Å². The van der Waals surface area contributed by atoms with Gasteiger partial charge in [-0.1, -0.05) is 18.2 Å². The number of rotatable bonds is 4. The topological polar surface area (TPSA) is 53.4 Å². The molecule has 156 valence electrons. The normalized spacial score (nSPS) is 22.0. The highest BCUT2D eigenvalue weighted by Gasteiger charge is 2.51. The standard InChI is InChI=1S/C22H25F3N2O2/c1-21(29,22(23,24)25)17-10-6-16(7-11-17)20(28)27(2)18-12-8-15(9-13-18)19-5-3-4-14-26-19/h3-7,10-11,14-15,18,29H,8-9,12-13H2,1-2H3/t15?,18?,21-/m0/s1. The Balaban J connectivity index is 1.63. The second-order valence-electron chi connectivity index (χ2n) is 7.82. The van der Waals surface area contributed by atoms with Crippen molar-refractivity contribution in [1.82, 2.24) is 9.88 Å². The molecule has 3 rings (SSSR count). The Bertz CT molecular complexity index is 827. The van der Waals surface area contributed by atoms with Crippen LogP contribution in [0.4, 0.5) is 13.2 Å². The summed E-state index contributed by atoms with van der Waals surface area (Å²) < 4.78 is 38.9. The number of nitrogens with zero attached hydrogens (tertiary/aromatic N) is 2. The molecule has 0 unspecified atom stereocenters. The maximum Gasteiger partial charge on any atom is 0.421 e. The van der Waals surface area contributed by atoms with Gasteiger partial charge in [0, 0.05) is 36.5 Å². The Morgan fingerprint density at radius 1 is 1.07 bits per heavy atom. The van der Waals surface area contributed by atoms with Gasteiger partial charge in [0.05, 0.1) is 0 Å². The summed E-state index contributed by atoms with van der Waals surface area (Å²) in [6.45, 7) is 0.704. The van der Waals surface area contributed by atoms with Crippen molar-refractivity contribution in [3.05, 3.63) is 65.5 Å². The Morgan fingerprint density at radius 2 is 1.69 bits per heavy atom. The maximum absolute atomic E-state index is 13.0. The molecule has 2 aromatic rings. The van der Waals surface area contributed by atoms with Crippen LogP contribution in [0.5, 0.6) is 0 Å². The molecular weight excluding hydrogens is 381 g/mol. The van der Waals surface area contributed by atoms with Gasteiger partial charge in [0.2, 0.25) is 0 Å². The van der Waals surface area contributed by atoms with Crippen molar-refractivity contribution in [2.45, 2.75) is 56.3 Å². The van der Waals surface area contributed by atoms with Gasteiger partial charge in [0.1, 0.15) is 0 Å². The summed E-state index contributed by atoms with van der Waals surface area (Å²) in [5.41, 5.74) is -1.86. The van der Waals surface area contributed by atoms with Crippen molar-refractivity contribution in [3.63, 3.8) is 0 Å². The van der Waals surface area contributed by atoms with Crippen molar-refractivity contribution < 1.29 is 23.1 Å². The lowest BCUT2D eigenvalue weighted by Crippen LogP contribution is -2.40. The Labute approximate surface area is 168 Å². The van der Waals surface area contributed by atoms with Gasteiger partial charge in [0.25, 0.3) is 5.91 Å². The number of aromatic nitrogens is 1. The number of halogens is 3. The van der Waals surface area contributed by atoms with Crippen LogP contribution in [0.3, 0.4) is 0 Å². The van der Waals surface area contributed by atoms with Gasteiger partial charge in [-0.25, -0.2) is 0 Å². The van der Waals surface area contributed by atoms with Crippen molar-refractivity contribution in [2.75, 3.05) is 7.05 Å². The van der Waals surface area contributed by atoms with Crippen LogP contribution < -0.4 is 0 Å². The highest BCUT2D eigenvalue weighted by atomic mass is 19.4. The molecule has 1 fully saturated rings. The van der Waals surface area contributed by atoms with Gasteiger partial charge in [-0.15, -0.1) is 0 Å². The third-order valence-corrected chi connectivity index (χ3v) is 5.92. The smallest absolute Gasteiger partial charge is 0.376 e. The van der Waals surface area contributed by atoms with Gasteiger partial charge in [-0.2, -0.15) is 13.2 Å². The molecule has 0 radical (unpaired) electrons. The summed E-state index contributed by atoms with van der Waals surface area (Å²) >= 11 is 0. The molecule has 1 N–H and O–H groups in total. The van der Waals surface area contributed by atoms with E-state index in [0.717, 1.165) is 43.5 Å². The fraction of sp³-hybridized carbons (Fsp3) is 0.455. The lowest BCUT2D eigenvalue weighted by molar-refractivity contribution is -0.258. The number of benzene rings is 1. The molecule has 0 bridgehead atoms. The first kappa shape index (κ1) is 21.3. The molecule has 29 heavy (non-hydrogen) atoms. The molecule has 4 nitrogen and oxygen atoms in total. The molecule has 1 amide bonds. The first-order chi connectivity index (χ1) is 13.6. The van der Waals surface area contributed by atoms with E-state index in [1.54, 1.807) is 18.1 Å². The molecular formula is C22H25F3N2O2. The van der Waals surface area contributed by atoms with E-state index >= 15 is 0 Å². The predicted octanol–water partition coefficient (Wildman–Crippen LogP) is 4.65. The summed E-state index contributed by atoms with van der Waals surface area (Å²) in [5.74, 6) is 0.157. The highest BCUT2D eigenvalue weighted by molar-refractivity contribution is 5.94. The van der Waals surface area contributed by atoms with Gasteiger partial charge < -0.3 is 10.0 Å². The van der Waals surface area contributed by atoms with Crippen LogP contribution in [0.25, 0.3) is 0 Å². The van der Waals surface area contributed by atoms with E-state index in [1.807, 2.05) is 18.2 Å². The molecule has 0 aliphatic heterocycles. The summed E-state index contributed by atoms with van der Waals surface area (Å²) in [6, 6.07) is 11.0. The largest absolute Gasteiger partial charge is 0.421 e. The van der Waals surface area contributed by atoms with Crippen LogP contribution in [0.2, 0.25) is 0 Å². The quantitative estimate of drug-likeness (QED) is 0.804. The molecule has 1 heterocycles. The van der Waals surface area contributed by atoms with Gasteiger partial charge in [-0.3, -0.25) is 9.78 Å². The van der Waals surface area contributed by atoms with E-state index in [0.29, 0.717) is 18.4 Å². The fourth-order valence-corrected chi connectivity index (χ4v) is 3.85. The van der Waals surface area contributed by atoms with E-state index in [9.17, 15) is 23.1 Å². The van der Waals surface area contributed by atoms with Crippen molar-refractivity contribution >= 4 is 5.91 Å². The second kappa shape index (κ2) is 8.14. The monoisotopic (exact) mass is 406 g/mol. The average Bonchev–Trinajstić information content (AvgIpc) is 2.73. The molecule has 1 aromatic heterocycles. The molecule has 1 atom stereocenters. The summed E-state index contributed by atoms with van der Waals surface area (Å²) in [6.07, 6.45) is 0.576. The van der Waals surface area contributed by atoms with Gasteiger partial charge >= 0.3 is 6.18 Å². The zero-order valence-electron chi connectivity index (χ0n) is 16.5. The Hall–Kier alpha value is -2.41. The van der Waals surface area contributed by atoms with E-state index in [1.165, 1.54) is 12.1 Å². The minimum absolute atomic E-state index is 0.0837. The zero-order chi connectivity index (χ0) is 21.2. The highest BCUT2D eigenvalue weighted by Crippen LogP contribution is 2.38. The molecule has 1 aliphatic rings. The fourth-order valence-electron chi connectivity index (χ4n) is 3.85. The van der Waals surface area contributed by atoms with Crippen LogP contribution in [-0.2, 0) is 5.60 Å². The number of pyridine rings is 1. The van der Waals surface area contributed by atoms with E-state index in [-0.39, 0.29) is 17.5 Å². The van der Waals surface area contributed by atoms with Crippen LogP contribution >= 0.6 is 0 Å². The zero-order valence-corrected chi connectivity index (χ0v) is 16.5. The lowest BCUT2D eigenvalue weighted by atomic mass is 9.83. The van der Waals surface area contributed by atoms with Crippen molar-refractivity contribution in [1.29, 1.82) is 0 Å². The number of carbonyl (C=O) groups is 1. The van der Waals surface area contributed by atoms with Crippen molar-refractivity contribution in [3.8, 4) is 0 Å². The van der Waals surface area contributed by atoms with Crippen LogP contribution in [0.15, 0.2) is 48.7 Å². The summed E-state index contributed by atoms with van der Waals surface area (Å²) in [4.78, 5) is 18.9. The number of aliphatic hydroxyl groups is 1. The minimum atomic E-state index is -4.79. The molecule has 0 saturated heterocycles. The summed E-state index contributed by atoms with van der Waals surface area (Å²) in [7, 11) is 1.73. The lowest BCUT2D eigenvalue weighted by Gasteiger charge is -2.34. The van der Waals surface area contributed by atoms with E-state index < -0.39 is 11.8 Å². The third-order valence-electron chi connectivity index (χ3n) is 5.92. The molecule has 7 heteroatoms. The first-order valence-corrected chi connectivity index (χ1v) is 9.69. The predicted molar refractivity (Wildman–Crippen MR) is 103 cm³/mol. The number of hydrogen-bond donors (Lipinski definition) is 1. The number of amides is 1. The summed E-state index contributed by atoms with van der Waals surface area (Å²) in [5, 5.41) is 9.76. The van der Waals surface area contributed by atoms with E-state index in [4.69, 9.17) is 0 Å². The first-order valence-electron chi connectivity index (χ1n) is 9.69. The van der Waals surface area contributed by atoms with E-state index in [2.05, 4.69) is 4.98 Å².